The molecule has 22 heavy (non-hydrogen) atoms. The molecular weight excluding hydrogens is 314 g/mol. The third kappa shape index (κ3) is 3.65. The zero-order valence-electron chi connectivity index (χ0n) is 12.3. The Morgan fingerprint density at radius 1 is 1.09 bits per heavy atom. The number of ketones is 1. The standard InChI is InChI=1S/C17H19NO2S2/c19-16(14-7-4-10-21-14)15-9-8-13(22-15)11-18-17(20)12-5-2-1-3-6-12/h4,7-10,12H,1-3,5-6,11H2,(H,18,20). The van der Waals surface area contributed by atoms with E-state index in [1.165, 1.54) is 29.1 Å². The molecule has 3 rings (SSSR count). The van der Waals surface area contributed by atoms with E-state index < -0.39 is 0 Å². The van der Waals surface area contributed by atoms with Crippen LogP contribution in [0.25, 0.3) is 0 Å². The topological polar surface area (TPSA) is 46.2 Å². The molecule has 0 bridgehead atoms. The predicted molar refractivity (Wildman–Crippen MR) is 90.5 cm³/mol. The maximum Gasteiger partial charge on any atom is 0.223 e. The van der Waals surface area contributed by atoms with Crippen molar-refractivity contribution in [1.29, 1.82) is 0 Å². The molecule has 1 aliphatic carbocycles. The maximum atomic E-state index is 12.2. The van der Waals surface area contributed by atoms with Gasteiger partial charge in [-0.1, -0.05) is 25.3 Å². The van der Waals surface area contributed by atoms with Gasteiger partial charge >= 0.3 is 0 Å². The molecule has 1 aliphatic rings. The minimum absolute atomic E-state index is 0.0739. The van der Waals surface area contributed by atoms with Crippen molar-refractivity contribution in [2.75, 3.05) is 0 Å². The fourth-order valence-corrected chi connectivity index (χ4v) is 4.45. The molecule has 0 saturated heterocycles. The van der Waals surface area contributed by atoms with Crippen molar-refractivity contribution < 1.29 is 9.59 Å². The van der Waals surface area contributed by atoms with Gasteiger partial charge in [0.05, 0.1) is 16.3 Å². The zero-order valence-corrected chi connectivity index (χ0v) is 14.0. The monoisotopic (exact) mass is 333 g/mol. The number of hydrogen-bond donors (Lipinski definition) is 1. The van der Waals surface area contributed by atoms with Crippen molar-refractivity contribution in [3.8, 4) is 0 Å². The van der Waals surface area contributed by atoms with Crippen LogP contribution in [0.2, 0.25) is 0 Å². The fraction of sp³-hybridized carbons (Fsp3) is 0.412. The third-order valence-electron chi connectivity index (χ3n) is 4.04. The molecule has 0 atom stereocenters. The summed E-state index contributed by atoms with van der Waals surface area (Å²) in [6, 6.07) is 7.52. The Morgan fingerprint density at radius 3 is 2.64 bits per heavy atom. The quantitative estimate of drug-likeness (QED) is 0.832. The summed E-state index contributed by atoms with van der Waals surface area (Å²) < 4.78 is 0. The van der Waals surface area contributed by atoms with Gasteiger partial charge in [-0.2, -0.15) is 0 Å². The molecule has 0 aliphatic heterocycles. The van der Waals surface area contributed by atoms with E-state index in [1.54, 1.807) is 0 Å². The Hall–Kier alpha value is -1.46. The highest BCUT2D eigenvalue weighted by molar-refractivity contribution is 7.16. The highest BCUT2D eigenvalue weighted by Crippen LogP contribution is 2.25. The first-order chi connectivity index (χ1) is 10.7. The lowest BCUT2D eigenvalue weighted by Gasteiger charge is -2.20. The van der Waals surface area contributed by atoms with Crippen LogP contribution in [0.1, 0.15) is 51.5 Å². The number of hydrogen-bond acceptors (Lipinski definition) is 4. The SMILES string of the molecule is O=C(c1cccs1)c1ccc(CNC(=O)C2CCCCC2)s1. The van der Waals surface area contributed by atoms with Crippen LogP contribution in [-0.2, 0) is 11.3 Å². The van der Waals surface area contributed by atoms with Crippen molar-refractivity contribution in [2.24, 2.45) is 5.92 Å². The number of carbonyl (C=O) groups excluding carboxylic acids is 2. The van der Waals surface area contributed by atoms with Crippen LogP contribution in [0.5, 0.6) is 0 Å². The van der Waals surface area contributed by atoms with Crippen LogP contribution in [0.15, 0.2) is 29.6 Å². The van der Waals surface area contributed by atoms with Crippen LogP contribution >= 0.6 is 22.7 Å². The van der Waals surface area contributed by atoms with E-state index in [4.69, 9.17) is 0 Å². The summed E-state index contributed by atoms with van der Waals surface area (Å²) in [5, 5.41) is 4.93. The number of rotatable bonds is 5. The molecule has 0 unspecified atom stereocenters. The van der Waals surface area contributed by atoms with Gasteiger partial charge in [0.15, 0.2) is 0 Å². The molecule has 116 valence electrons. The van der Waals surface area contributed by atoms with Gasteiger partial charge < -0.3 is 5.32 Å². The molecule has 5 heteroatoms. The van der Waals surface area contributed by atoms with Crippen LogP contribution in [0.4, 0.5) is 0 Å². The van der Waals surface area contributed by atoms with Gasteiger partial charge in [0.2, 0.25) is 11.7 Å². The summed E-state index contributed by atoms with van der Waals surface area (Å²) in [7, 11) is 0. The summed E-state index contributed by atoms with van der Waals surface area (Å²) in [6.45, 7) is 0.526. The van der Waals surface area contributed by atoms with Crippen LogP contribution in [0, 0.1) is 5.92 Å². The molecule has 0 radical (unpaired) electrons. The smallest absolute Gasteiger partial charge is 0.223 e. The molecule has 1 saturated carbocycles. The fourth-order valence-electron chi connectivity index (χ4n) is 2.81. The molecule has 3 nitrogen and oxygen atoms in total. The summed E-state index contributed by atoms with van der Waals surface area (Å²) in [5.74, 6) is 0.421. The Balaban J connectivity index is 1.55. The maximum absolute atomic E-state index is 12.2. The third-order valence-corrected chi connectivity index (χ3v) is 6.00. The van der Waals surface area contributed by atoms with Gasteiger partial charge in [-0.05, 0) is 36.4 Å². The normalized spacial score (nSPS) is 15.6. The lowest BCUT2D eigenvalue weighted by Crippen LogP contribution is -2.31. The number of nitrogens with one attached hydrogen (secondary N) is 1. The minimum Gasteiger partial charge on any atom is -0.351 e. The Kier molecular flexibility index (Phi) is 5.05. The average molecular weight is 333 g/mol. The molecule has 2 aromatic rings. The molecule has 2 aromatic heterocycles. The number of carbonyl (C=O) groups is 2. The zero-order chi connectivity index (χ0) is 15.4. The van der Waals surface area contributed by atoms with Crippen LogP contribution in [-0.4, -0.2) is 11.7 Å². The Bertz CT molecular complexity index is 639. The molecule has 1 N–H and O–H groups in total. The molecule has 0 spiro atoms. The summed E-state index contributed by atoms with van der Waals surface area (Å²) in [6.07, 6.45) is 5.60. The van der Waals surface area contributed by atoms with Crippen LogP contribution < -0.4 is 5.32 Å². The highest BCUT2D eigenvalue weighted by Gasteiger charge is 2.21. The van der Waals surface area contributed by atoms with Crippen molar-refractivity contribution in [2.45, 2.75) is 38.6 Å². The van der Waals surface area contributed by atoms with Crippen molar-refractivity contribution >= 4 is 34.4 Å². The van der Waals surface area contributed by atoms with Gasteiger partial charge in [-0.3, -0.25) is 9.59 Å². The first-order valence-electron chi connectivity index (χ1n) is 7.68. The summed E-state index contributed by atoms with van der Waals surface area (Å²) in [4.78, 5) is 26.9. The van der Waals surface area contributed by atoms with E-state index in [9.17, 15) is 9.59 Å². The van der Waals surface area contributed by atoms with Crippen LogP contribution in [0.3, 0.4) is 0 Å². The summed E-state index contributed by atoms with van der Waals surface area (Å²) in [5.41, 5.74) is 0. The molecule has 2 heterocycles. The van der Waals surface area contributed by atoms with Crippen molar-refractivity contribution in [3.05, 3.63) is 44.3 Å². The van der Waals surface area contributed by atoms with E-state index >= 15 is 0 Å². The van der Waals surface area contributed by atoms with Gasteiger partial charge in [-0.15, -0.1) is 22.7 Å². The molecule has 1 amide bonds. The Labute approximate surface area is 138 Å². The lowest BCUT2D eigenvalue weighted by molar-refractivity contribution is -0.126. The van der Waals surface area contributed by atoms with Crippen molar-refractivity contribution in [3.63, 3.8) is 0 Å². The first kappa shape index (κ1) is 15.4. The number of thiophene rings is 2. The van der Waals surface area contributed by atoms with Gasteiger partial charge in [0.25, 0.3) is 0 Å². The largest absolute Gasteiger partial charge is 0.351 e. The second kappa shape index (κ2) is 7.20. The molecule has 1 fully saturated rings. The molecule has 0 aromatic carbocycles. The van der Waals surface area contributed by atoms with E-state index in [1.807, 2.05) is 29.6 Å². The minimum atomic E-state index is 0.0739. The second-order valence-electron chi connectivity index (χ2n) is 5.63. The Morgan fingerprint density at radius 2 is 1.91 bits per heavy atom. The van der Waals surface area contributed by atoms with Crippen molar-refractivity contribution in [1.82, 2.24) is 5.32 Å². The summed E-state index contributed by atoms with van der Waals surface area (Å²) >= 11 is 2.93. The van der Waals surface area contributed by atoms with E-state index in [2.05, 4.69) is 5.32 Å². The first-order valence-corrected chi connectivity index (χ1v) is 9.38. The van der Waals surface area contributed by atoms with Gasteiger partial charge in [0.1, 0.15) is 0 Å². The van der Waals surface area contributed by atoms with E-state index in [0.29, 0.717) is 6.54 Å². The van der Waals surface area contributed by atoms with E-state index in [-0.39, 0.29) is 17.6 Å². The second-order valence-corrected chi connectivity index (χ2v) is 7.74. The lowest BCUT2D eigenvalue weighted by atomic mass is 9.89. The number of amides is 1. The predicted octanol–water partition coefficient (Wildman–Crippen LogP) is 4.24. The van der Waals surface area contributed by atoms with Gasteiger partial charge in [0, 0.05) is 10.8 Å². The van der Waals surface area contributed by atoms with E-state index in [0.717, 1.165) is 40.3 Å². The molecular formula is C17H19NO2S2. The van der Waals surface area contributed by atoms with Gasteiger partial charge in [-0.25, -0.2) is 0 Å². The average Bonchev–Trinajstić information content (AvgIpc) is 3.24. The highest BCUT2D eigenvalue weighted by atomic mass is 32.1.